The average Bonchev–Trinajstić information content (AvgIpc) is 2.81. The lowest BCUT2D eigenvalue weighted by molar-refractivity contribution is -0.136. The Morgan fingerprint density at radius 1 is 1.06 bits per heavy atom. The highest BCUT2D eigenvalue weighted by Crippen LogP contribution is 2.31. The molecule has 2 aromatic rings. The van der Waals surface area contributed by atoms with Crippen LogP contribution in [0.1, 0.15) is 68.7 Å². The van der Waals surface area contributed by atoms with E-state index in [0.29, 0.717) is 17.9 Å². The van der Waals surface area contributed by atoms with E-state index in [4.69, 9.17) is 9.84 Å². The van der Waals surface area contributed by atoms with Gasteiger partial charge in [0.05, 0.1) is 25.5 Å². The van der Waals surface area contributed by atoms with Crippen molar-refractivity contribution >= 4 is 17.6 Å². The number of carboxylic acids is 1. The quantitative estimate of drug-likeness (QED) is 0.507. The van der Waals surface area contributed by atoms with Crippen LogP contribution in [0.3, 0.4) is 0 Å². The summed E-state index contributed by atoms with van der Waals surface area (Å²) < 4.78 is 5.63. The highest BCUT2D eigenvalue weighted by Gasteiger charge is 2.21. The molecule has 1 heterocycles. The Balaban J connectivity index is 1.75. The van der Waals surface area contributed by atoms with Gasteiger partial charge in [-0.25, -0.2) is 0 Å². The van der Waals surface area contributed by atoms with E-state index in [2.05, 4.69) is 35.3 Å². The molecule has 6 heteroatoms. The molecule has 6 nitrogen and oxygen atoms in total. The number of rotatable bonds is 11. The molecule has 1 aliphatic rings. The minimum absolute atomic E-state index is 0.0433. The zero-order chi connectivity index (χ0) is 23.6. The maximum atomic E-state index is 13.0. The molecule has 0 spiro atoms. The summed E-state index contributed by atoms with van der Waals surface area (Å²) in [7, 11) is 0. The number of carbonyl (C=O) groups excluding carboxylic acids is 1. The summed E-state index contributed by atoms with van der Waals surface area (Å²) in [6.07, 6.45) is 5.66. The Morgan fingerprint density at radius 2 is 1.82 bits per heavy atom. The Hall–Kier alpha value is -3.02. The Kier molecular flexibility index (Phi) is 9.16. The summed E-state index contributed by atoms with van der Waals surface area (Å²) in [5, 5.41) is 12.4. The van der Waals surface area contributed by atoms with Crippen LogP contribution < -0.4 is 15.0 Å². The van der Waals surface area contributed by atoms with E-state index in [1.807, 2.05) is 19.1 Å². The van der Waals surface area contributed by atoms with Crippen molar-refractivity contribution in [1.82, 2.24) is 5.32 Å². The van der Waals surface area contributed by atoms with Crippen LogP contribution in [0.2, 0.25) is 0 Å². The minimum atomic E-state index is -0.906. The van der Waals surface area contributed by atoms with Gasteiger partial charge in [-0.15, -0.1) is 0 Å². The second-order valence-corrected chi connectivity index (χ2v) is 8.64. The van der Waals surface area contributed by atoms with Crippen molar-refractivity contribution in [2.24, 2.45) is 0 Å². The molecule has 2 N–H and O–H groups in total. The average molecular weight is 453 g/mol. The van der Waals surface area contributed by atoms with Crippen molar-refractivity contribution in [3.8, 4) is 5.75 Å². The molecule has 0 aromatic heterocycles. The Morgan fingerprint density at radius 3 is 2.52 bits per heavy atom. The lowest BCUT2D eigenvalue weighted by atomic mass is 9.97. The predicted octanol–water partition coefficient (Wildman–Crippen LogP) is 4.90. The van der Waals surface area contributed by atoms with Crippen molar-refractivity contribution in [3.63, 3.8) is 0 Å². The van der Waals surface area contributed by atoms with Gasteiger partial charge in [0.15, 0.2) is 0 Å². The SMILES string of the molecule is CCCC(NC(=O)Cc1ccc(CC(=O)O)c(OCC)c1)c1ccccc1N1CCCCC1. The smallest absolute Gasteiger partial charge is 0.307 e. The first-order valence-electron chi connectivity index (χ1n) is 12.1. The van der Waals surface area contributed by atoms with Gasteiger partial charge in [-0.2, -0.15) is 0 Å². The van der Waals surface area contributed by atoms with E-state index < -0.39 is 5.97 Å². The number of benzene rings is 2. The zero-order valence-electron chi connectivity index (χ0n) is 19.8. The highest BCUT2D eigenvalue weighted by atomic mass is 16.5. The molecule has 0 radical (unpaired) electrons. The number of nitrogens with one attached hydrogen (secondary N) is 1. The highest BCUT2D eigenvalue weighted by molar-refractivity contribution is 5.80. The largest absolute Gasteiger partial charge is 0.494 e. The van der Waals surface area contributed by atoms with Gasteiger partial charge in [0, 0.05) is 24.3 Å². The van der Waals surface area contributed by atoms with Crippen molar-refractivity contribution < 1.29 is 19.4 Å². The zero-order valence-corrected chi connectivity index (χ0v) is 19.8. The maximum Gasteiger partial charge on any atom is 0.307 e. The van der Waals surface area contributed by atoms with Crippen LogP contribution in [0.15, 0.2) is 42.5 Å². The number of hydrogen-bond donors (Lipinski definition) is 2. The molecule has 3 rings (SSSR count). The third kappa shape index (κ3) is 6.98. The van der Waals surface area contributed by atoms with E-state index >= 15 is 0 Å². The Labute approximate surface area is 196 Å². The van der Waals surface area contributed by atoms with E-state index in [0.717, 1.165) is 31.5 Å². The molecule has 2 aromatic carbocycles. The van der Waals surface area contributed by atoms with Crippen LogP contribution in [0, 0.1) is 0 Å². The monoisotopic (exact) mass is 452 g/mol. The molecule has 1 unspecified atom stereocenters. The van der Waals surface area contributed by atoms with Gasteiger partial charge in [-0.1, -0.05) is 43.7 Å². The number of hydrogen-bond acceptors (Lipinski definition) is 4. The number of ether oxygens (including phenoxy) is 1. The standard InChI is InChI=1S/C27H36N2O4/c1-3-10-23(22-11-6-7-12-24(22)29-15-8-5-9-16-29)28-26(30)18-20-13-14-21(19-27(31)32)25(17-20)33-4-2/h6-7,11-14,17,23H,3-5,8-10,15-16,18-19H2,1-2H3,(H,28,30)(H,31,32). The fourth-order valence-corrected chi connectivity index (χ4v) is 4.54. The summed E-state index contributed by atoms with van der Waals surface area (Å²) in [5.41, 5.74) is 3.84. The lowest BCUT2D eigenvalue weighted by Gasteiger charge is -2.32. The molecule has 0 saturated carbocycles. The van der Waals surface area contributed by atoms with Crippen LogP contribution in [0.4, 0.5) is 5.69 Å². The fraction of sp³-hybridized carbons (Fsp3) is 0.481. The number of piperidine rings is 1. The van der Waals surface area contributed by atoms with Gasteiger partial charge in [-0.05, 0) is 55.9 Å². The molecule has 1 atom stereocenters. The van der Waals surface area contributed by atoms with E-state index in [1.54, 1.807) is 12.1 Å². The van der Waals surface area contributed by atoms with Crippen LogP contribution in [0.25, 0.3) is 0 Å². The van der Waals surface area contributed by atoms with Crippen molar-refractivity contribution in [2.45, 2.75) is 64.8 Å². The summed E-state index contributed by atoms with van der Waals surface area (Å²) in [6, 6.07) is 13.7. The second-order valence-electron chi connectivity index (χ2n) is 8.64. The summed E-state index contributed by atoms with van der Waals surface area (Å²) in [5.74, 6) is -0.419. The van der Waals surface area contributed by atoms with Gasteiger partial charge in [0.1, 0.15) is 5.75 Å². The first-order chi connectivity index (χ1) is 16.0. The van der Waals surface area contributed by atoms with Gasteiger partial charge in [0.25, 0.3) is 0 Å². The second kappa shape index (κ2) is 12.3. The van der Waals surface area contributed by atoms with E-state index in [1.165, 1.54) is 30.5 Å². The number of carboxylic acid groups (broad SMARTS) is 1. The number of aliphatic carboxylic acids is 1. The van der Waals surface area contributed by atoms with Crippen molar-refractivity contribution in [1.29, 1.82) is 0 Å². The molecule has 33 heavy (non-hydrogen) atoms. The first-order valence-corrected chi connectivity index (χ1v) is 12.1. The molecule has 0 bridgehead atoms. The van der Waals surface area contributed by atoms with Gasteiger partial charge in [-0.3, -0.25) is 9.59 Å². The van der Waals surface area contributed by atoms with Gasteiger partial charge >= 0.3 is 5.97 Å². The maximum absolute atomic E-state index is 13.0. The van der Waals surface area contributed by atoms with E-state index in [-0.39, 0.29) is 24.8 Å². The van der Waals surface area contributed by atoms with Crippen molar-refractivity contribution in [2.75, 3.05) is 24.6 Å². The number of amides is 1. The molecule has 1 aliphatic heterocycles. The predicted molar refractivity (Wildman–Crippen MR) is 131 cm³/mol. The number of carbonyl (C=O) groups is 2. The summed E-state index contributed by atoms with van der Waals surface area (Å²) >= 11 is 0. The fourth-order valence-electron chi connectivity index (χ4n) is 4.54. The molecular formula is C27H36N2O4. The number of nitrogens with zero attached hydrogens (tertiary/aromatic N) is 1. The number of para-hydroxylation sites is 1. The van der Waals surface area contributed by atoms with Gasteiger partial charge < -0.3 is 20.1 Å². The minimum Gasteiger partial charge on any atom is -0.494 e. The van der Waals surface area contributed by atoms with Crippen LogP contribution >= 0.6 is 0 Å². The molecule has 1 fully saturated rings. The van der Waals surface area contributed by atoms with Crippen molar-refractivity contribution in [3.05, 3.63) is 59.2 Å². The third-order valence-electron chi connectivity index (χ3n) is 6.06. The van der Waals surface area contributed by atoms with Gasteiger partial charge in [0.2, 0.25) is 5.91 Å². The summed E-state index contributed by atoms with van der Waals surface area (Å²) in [4.78, 5) is 26.6. The Bertz CT molecular complexity index is 937. The molecular weight excluding hydrogens is 416 g/mol. The molecule has 1 amide bonds. The lowest BCUT2D eigenvalue weighted by Crippen LogP contribution is -2.34. The normalized spacial score (nSPS) is 14.5. The van der Waals surface area contributed by atoms with Crippen LogP contribution in [0.5, 0.6) is 5.75 Å². The summed E-state index contributed by atoms with van der Waals surface area (Å²) in [6.45, 7) is 6.56. The van der Waals surface area contributed by atoms with E-state index in [9.17, 15) is 9.59 Å². The molecule has 178 valence electrons. The molecule has 0 aliphatic carbocycles. The van der Waals surface area contributed by atoms with Crippen LogP contribution in [-0.4, -0.2) is 36.7 Å². The molecule has 1 saturated heterocycles. The first kappa shape index (κ1) is 24.6. The topological polar surface area (TPSA) is 78.9 Å². The third-order valence-corrected chi connectivity index (χ3v) is 6.06. The van der Waals surface area contributed by atoms with Crippen LogP contribution in [-0.2, 0) is 22.4 Å². The number of anilines is 1.